The van der Waals surface area contributed by atoms with Gasteiger partial charge in [0, 0.05) is 8.02 Å². The number of rotatable bonds is 1. The summed E-state index contributed by atoms with van der Waals surface area (Å²) in [4.78, 5) is 0. The molecule has 0 atom stereocenters. The average molecular weight is 202 g/mol. The van der Waals surface area contributed by atoms with Crippen LogP contribution in [-0.4, -0.2) is 0 Å². The van der Waals surface area contributed by atoms with Crippen LogP contribution in [0, 0.1) is 11.3 Å². The maximum atomic E-state index is 8.82. The van der Waals surface area contributed by atoms with Crippen LogP contribution in [-0.2, 0) is 5.28 Å². The molecular weight excluding hydrogens is 190 g/mol. The molecule has 0 spiro atoms. The van der Waals surface area contributed by atoms with E-state index in [1.165, 1.54) is 0 Å². The van der Waals surface area contributed by atoms with Gasteiger partial charge in [-0.25, -0.2) is 0 Å². The van der Waals surface area contributed by atoms with E-state index in [0.717, 1.165) is 0 Å². The molecule has 0 heterocycles. The number of benzene rings is 1. The summed E-state index contributed by atoms with van der Waals surface area (Å²) in [6.45, 7) is 0. The molecule has 0 N–H and O–H groups in total. The van der Waals surface area contributed by atoms with Crippen LogP contribution in [0.3, 0.4) is 0 Å². The first-order valence-electron chi connectivity index (χ1n) is 5.41. The molecule has 0 aliphatic heterocycles. The van der Waals surface area contributed by atoms with Crippen LogP contribution in [0.15, 0.2) is 24.2 Å². The smallest absolute Gasteiger partial charge is 0.0994 e. The molecule has 2 heteroatoms. The second-order valence-corrected chi connectivity index (χ2v) is 1.85. The Labute approximate surface area is 76.9 Å². The van der Waals surface area contributed by atoms with E-state index in [4.69, 9.17) is 13.5 Å². The van der Waals surface area contributed by atoms with Crippen LogP contribution in [0.25, 0.3) is 0 Å². The molecule has 1 aromatic carbocycles. The molecule has 10 heavy (non-hydrogen) atoms. The van der Waals surface area contributed by atoms with Crippen molar-refractivity contribution in [3.8, 4) is 6.07 Å². The zero-order chi connectivity index (χ0) is 12.7. The van der Waals surface area contributed by atoms with E-state index in [1.807, 2.05) is 0 Å². The summed E-state index contributed by atoms with van der Waals surface area (Å²) < 4.78 is 44.5. The first-order valence-corrected chi connectivity index (χ1v) is 3.21. The second-order valence-electron chi connectivity index (χ2n) is 1.46. The first-order chi connectivity index (χ1) is 7.21. The van der Waals surface area contributed by atoms with Crippen molar-refractivity contribution < 1.29 is 8.22 Å². The molecule has 0 bridgehead atoms. The zero-order valence-electron chi connectivity index (χ0n) is 10.8. The fourth-order valence-electron chi connectivity index (χ4n) is 0.467. The van der Waals surface area contributed by atoms with Crippen LogP contribution in [0.1, 0.15) is 19.4 Å². The van der Waals surface area contributed by atoms with Gasteiger partial charge in [-0.2, -0.15) is 5.26 Å². The van der Waals surface area contributed by atoms with E-state index < -0.39 is 29.5 Å². The molecule has 1 nitrogen and oxygen atoms in total. The van der Waals surface area contributed by atoms with E-state index in [9.17, 15) is 0 Å². The van der Waals surface area contributed by atoms with Gasteiger partial charge >= 0.3 is 0 Å². The SMILES string of the molecule is [2H]c1c([2H])c([2H])c(C([2H])([2H])Br)c(C#N)c1[2H]. The molecule has 0 saturated carbocycles. The summed E-state index contributed by atoms with van der Waals surface area (Å²) in [7, 11) is 0. The van der Waals surface area contributed by atoms with Crippen molar-refractivity contribution in [2.45, 2.75) is 5.28 Å². The van der Waals surface area contributed by atoms with Gasteiger partial charge in [-0.15, -0.1) is 0 Å². The van der Waals surface area contributed by atoms with E-state index in [1.54, 1.807) is 6.07 Å². The highest BCUT2D eigenvalue weighted by molar-refractivity contribution is 9.08. The van der Waals surface area contributed by atoms with Crippen LogP contribution < -0.4 is 0 Å². The van der Waals surface area contributed by atoms with Gasteiger partial charge in [-0.05, 0) is 11.6 Å². The highest BCUT2D eigenvalue weighted by Gasteiger charge is 1.95. The molecule has 0 aromatic heterocycles. The van der Waals surface area contributed by atoms with Crippen LogP contribution >= 0.6 is 15.9 Å². The van der Waals surface area contributed by atoms with Crippen molar-refractivity contribution in [2.24, 2.45) is 0 Å². The van der Waals surface area contributed by atoms with Crippen LogP contribution in [0.5, 0.6) is 0 Å². The highest BCUT2D eigenvalue weighted by Crippen LogP contribution is 2.10. The van der Waals surface area contributed by atoms with E-state index in [2.05, 4.69) is 15.9 Å². The maximum absolute atomic E-state index is 8.82. The monoisotopic (exact) mass is 201 g/mol. The summed E-state index contributed by atoms with van der Waals surface area (Å²) in [5, 5.41) is 6.64. The van der Waals surface area contributed by atoms with Crippen molar-refractivity contribution in [1.29, 1.82) is 5.26 Å². The van der Waals surface area contributed by atoms with Crippen molar-refractivity contribution >= 4 is 15.9 Å². The third-order valence-electron chi connectivity index (χ3n) is 0.894. The Balaban J connectivity index is 3.81. The number of halogens is 1. The Morgan fingerprint density at radius 2 is 2.40 bits per heavy atom. The zero-order valence-corrected chi connectivity index (χ0v) is 6.41. The molecule has 0 unspecified atom stereocenters. The topological polar surface area (TPSA) is 23.8 Å². The lowest BCUT2D eigenvalue weighted by atomic mass is 10.1. The highest BCUT2D eigenvalue weighted by atomic mass is 79.9. The summed E-state index contributed by atoms with van der Waals surface area (Å²) in [6.07, 6.45) is 0. The predicted octanol–water partition coefficient (Wildman–Crippen LogP) is 2.45. The molecule has 0 saturated heterocycles. The third-order valence-corrected chi connectivity index (χ3v) is 1.29. The minimum absolute atomic E-state index is 0.374. The molecule has 0 aliphatic carbocycles. The van der Waals surface area contributed by atoms with Crippen molar-refractivity contribution in [2.75, 3.05) is 0 Å². The lowest BCUT2D eigenvalue weighted by Crippen LogP contribution is -1.82. The fourth-order valence-corrected chi connectivity index (χ4v) is 0.765. The lowest BCUT2D eigenvalue weighted by molar-refractivity contribution is 1.37. The molecule has 0 radical (unpaired) electrons. The Morgan fingerprint density at radius 1 is 1.70 bits per heavy atom. The molecule has 0 aliphatic rings. The van der Waals surface area contributed by atoms with Gasteiger partial charge in [0.15, 0.2) is 0 Å². The molecule has 1 aromatic rings. The molecule has 0 fully saturated rings. The van der Waals surface area contributed by atoms with Crippen molar-refractivity contribution in [1.82, 2.24) is 0 Å². The normalized spacial score (nSPS) is 18.8. The van der Waals surface area contributed by atoms with E-state index in [0.29, 0.717) is 0 Å². The minimum Gasteiger partial charge on any atom is -0.192 e. The molecule has 0 amide bonds. The Bertz CT molecular complexity index is 487. The van der Waals surface area contributed by atoms with Gasteiger partial charge in [0.1, 0.15) is 0 Å². The van der Waals surface area contributed by atoms with Gasteiger partial charge in [-0.1, -0.05) is 34.1 Å². The molecular formula is C8H6BrN. The van der Waals surface area contributed by atoms with E-state index >= 15 is 0 Å². The summed E-state index contributed by atoms with van der Waals surface area (Å²) in [5.41, 5.74) is -0.756. The Hall–Kier alpha value is -0.810. The van der Waals surface area contributed by atoms with Gasteiger partial charge < -0.3 is 0 Å². The van der Waals surface area contributed by atoms with E-state index in [-0.39, 0.29) is 11.1 Å². The number of hydrogen-bond acceptors (Lipinski definition) is 1. The van der Waals surface area contributed by atoms with Crippen LogP contribution in [0.4, 0.5) is 0 Å². The first kappa shape index (κ1) is 2.67. The lowest BCUT2D eigenvalue weighted by Gasteiger charge is -1.95. The number of nitrogens with zero attached hydrogens (tertiary/aromatic N) is 1. The summed E-state index contributed by atoms with van der Waals surface area (Å²) in [5.74, 6) is 0. The number of hydrogen-bond donors (Lipinski definition) is 0. The van der Waals surface area contributed by atoms with Gasteiger partial charge in [0.05, 0.1) is 17.1 Å². The standard InChI is InChI=1S/C8H6BrN/c9-5-7-3-1-2-4-8(7)6-10/h1-4H,5H2/i1D,2D,3D,4D,5D2. The molecule has 1 rings (SSSR count). The fraction of sp³-hybridized carbons (Fsp3) is 0.125. The number of nitriles is 1. The summed E-state index contributed by atoms with van der Waals surface area (Å²) in [6, 6.07) is -0.563. The number of alkyl halides is 1. The quantitative estimate of drug-likeness (QED) is 0.641. The summed E-state index contributed by atoms with van der Waals surface area (Å²) >= 11 is 2.66. The Kier molecular flexibility index (Phi) is 0.903. The largest absolute Gasteiger partial charge is 0.192 e. The van der Waals surface area contributed by atoms with Crippen molar-refractivity contribution in [3.05, 3.63) is 35.3 Å². The third kappa shape index (κ3) is 1.37. The van der Waals surface area contributed by atoms with Gasteiger partial charge in [0.25, 0.3) is 0 Å². The average Bonchev–Trinajstić information content (AvgIpc) is 2.18. The predicted molar refractivity (Wildman–Crippen MR) is 43.8 cm³/mol. The minimum atomic E-state index is -2.17. The van der Waals surface area contributed by atoms with Crippen molar-refractivity contribution in [3.63, 3.8) is 0 Å². The second kappa shape index (κ2) is 3.38. The van der Waals surface area contributed by atoms with Gasteiger partial charge in [-0.3, -0.25) is 0 Å². The van der Waals surface area contributed by atoms with Crippen LogP contribution in [0.2, 0.25) is 0 Å². The Morgan fingerprint density at radius 3 is 3.00 bits per heavy atom. The maximum Gasteiger partial charge on any atom is 0.0994 e. The van der Waals surface area contributed by atoms with Gasteiger partial charge in [0.2, 0.25) is 0 Å². The molecule has 50 valence electrons.